The highest BCUT2D eigenvalue weighted by Gasteiger charge is 2.07. The van der Waals surface area contributed by atoms with Crippen LogP contribution in [0.5, 0.6) is 0 Å². The summed E-state index contributed by atoms with van der Waals surface area (Å²) in [6.07, 6.45) is 0.0333. The lowest BCUT2D eigenvalue weighted by Crippen LogP contribution is -2.19. The van der Waals surface area contributed by atoms with E-state index in [1.807, 2.05) is 20.8 Å². The van der Waals surface area contributed by atoms with Crippen LogP contribution in [0, 0.1) is 0 Å². The van der Waals surface area contributed by atoms with E-state index in [9.17, 15) is 4.39 Å². The Kier molecular flexibility index (Phi) is 7.40. The summed E-state index contributed by atoms with van der Waals surface area (Å²) in [6.45, 7) is 6.70. The zero-order valence-electron chi connectivity index (χ0n) is 8.18. The summed E-state index contributed by atoms with van der Waals surface area (Å²) >= 11 is 0. The molecule has 12 heavy (non-hydrogen) atoms. The van der Waals surface area contributed by atoms with Crippen LogP contribution in [0.1, 0.15) is 27.2 Å². The van der Waals surface area contributed by atoms with Crippen LogP contribution in [-0.4, -0.2) is 32.1 Å². The molecule has 0 spiro atoms. The quantitative estimate of drug-likeness (QED) is 0.556. The highest BCUT2D eigenvalue weighted by atomic mass is 19.1. The Bertz CT molecular complexity index is 96.5. The predicted octanol–water partition coefficient (Wildman–Crippen LogP) is 2.18. The average Bonchev–Trinajstić information content (AvgIpc) is 2.01. The zero-order valence-corrected chi connectivity index (χ0v) is 8.18. The van der Waals surface area contributed by atoms with Gasteiger partial charge in [-0.15, -0.1) is 0 Å². The molecule has 0 aromatic rings. The van der Waals surface area contributed by atoms with Gasteiger partial charge in [-0.3, -0.25) is 0 Å². The van der Waals surface area contributed by atoms with Crippen molar-refractivity contribution in [1.29, 1.82) is 0 Å². The van der Waals surface area contributed by atoms with E-state index in [2.05, 4.69) is 0 Å². The van der Waals surface area contributed by atoms with Crippen molar-refractivity contribution >= 4 is 0 Å². The number of halogens is 1. The second-order valence-electron chi connectivity index (χ2n) is 3.05. The van der Waals surface area contributed by atoms with Crippen LogP contribution in [0.3, 0.4) is 0 Å². The molecule has 0 heterocycles. The van der Waals surface area contributed by atoms with Gasteiger partial charge in [0.05, 0.1) is 19.3 Å². The summed E-state index contributed by atoms with van der Waals surface area (Å²) < 4.78 is 22.9. The molecule has 3 heteroatoms. The first-order valence-corrected chi connectivity index (χ1v) is 4.50. The number of ether oxygens (including phenoxy) is 2. The van der Waals surface area contributed by atoms with Crippen molar-refractivity contribution in [2.24, 2.45) is 0 Å². The van der Waals surface area contributed by atoms with E-state index in [0.717, 1.165) is 6.42 Å². The molecule has 0 aliphatic heterocycles. The van der Waals surface area contributed by atoms with Crippen LogP contribution in [0.15, 0.2) is 0 Å². The number of hydrogen-bond acceptors (Lipinski definition) is 2. The van der Waals surface area contributed by atoms with Gasteiger partial charge in [-0.25, -0.2) is 4.39 Å². The van der Waals surface area contributed by atoms with Gasteiger partial charge in [0.1, 0.15) is 6.17 Å². The molecule has 0 aliphatic carbocycles. The van der Waals surface area contributed by atoms with Crippen molar-refractivity contribution in [1.82, 2.24) is 0 Å². The molecule has 0 rings (SSSR count). The van der Waals surface area contributed by atoms with E-state index in [-0.39, 0.29) is 19.3 Å². The second kappa shape index (κ2) is 7.50. The van der Waals surface area contributed by atoms with Crippen LogP contribution in [0.4, 0.5) is 4.39 Å². The van der Waals surface area contributed by atoms with Gasteiger partial charge in [0.15, 0.2) is 0 Å². The number of hydrogen-bond donors (Lipinski definition) is 0. The van der Waals surface area contributed by atoms with Crippen molar-refractivity contribution in [3.05, 3.63) is 0 Å². The van der Waals surface area contributed by atoms with Crippen molar-refractivity contribution in [2.75, 3.05) is 19.8 Å². The maximum absolute atomic E-state index is 12.8. The van der Waals surface area contributed by atoms with Gasteiger partial charge in [0.2, 0.25) is 0 Å². The molecule has 0 aromatic carbocycles. The molecule has 2 nitrogen and oxygen atoms in total. The number of rotatable bonds is 7. The van der Waals surface area contributed by atoms with Gasteiger partial charge in [0.25, 0.3) is 0 Å². The average molecular weight is 178 g/mol. The van der Waals surface area contributed by atoms with E-state index in [1.165, 1.54) is 0 Å². The molecule has 0 fully saturated rings. The fourth-order valence-electron chi connectivity index (χ4n) is 0.701. The Hall–Kier alpha value is -0.150. The third kappa shape index (κ3) is 7.95. The standard InChI is InChI=1S/C9H19FO2/c1-4-5-11-6-9(10)7-12-8(2)3/h8-9H,4-7H2,1-3H3. The Labute approximate surface area is 74.1 Å². The van der Waals surface area contributed by atoms with Crippen molar-refractivity contribution in [3.8, 4) is 0 Å². The van der Waals surface area contributed by atoms with E-state index in [4.69, 9.17) is 9.47 Å². The predicted molar refractivity (Wildman–Crippen MR) is 47.1 cm³/mol. The monoisotopic (exact) mass is 178 g/mol. The SMILES string of the molecule is CCCOCC(F)COC(C)C. The minimum Gasteiger partial charge on any atom is -0.378 e. The molecule has 0 N–H and O–H groups in total. The van der Waals surface area contributed by atoms with Gasteiger partial charge in [-0.2, -0.15) is 0 Å². The van der Waals surface area contributed by atoms with Gasteiger partial charge < -0.3 is 9.47 Å². The molecule has 0 radical (unpaired) electrons. The van der Waals surface area contributed by atoms with E-state index >= 15 is 0 Å². The first-order chi connectivity index (χ1) is 5.66. The van der Waals surface area contributed by atoms with Crippen molar-refractivity contribution in [2.45, 2.75) is 39.5 Å². The van der Waals surface area contributed by atoms with Crippen LogP contribution in [-0.2, 0) is 9.47 Å². The molecule has 0 amide bonds. The van der Waals surface area contributed by atoms with E-state index in [0.29, 0.717) is 6.61 Å². The molecule has 0 aliphatic rings. The van der Waals surface area contributed by atoms with E-state index in [1.54, 1.807) is 0 Å². The van der Waals surface area contributed by atoms with E-state index < -0.39 is 6.17 Å². The van der Waals surface area contributed by atoms with Gasteiger partial charge >= 0.3 is 0 Å². The lowest BCUT2D eigenvalue weighted by atomic mass is 10.4. The Balaban J connectivity index is 3.15. The summed E-state index contributed by atoms with van der Waals surface area (Å²) in [6, 6.07) is 0. The summed E-state index contributed by atoms with van der Waals surface area (Å²) in [5.74, 6) is 0. The fraction of sp³-hybridized carbons (Fsp3) is 1.00. The van der Waals surface area contributed by atoms with Crippen LogP contribution in [0.25, 0.3) is 0 Å². The first-order valence-electron chi connectivity index (χ1n) is 4.50. The van der Waals surface area contributed by atoms with Crippen LogP contribution in [0.2, 0.25) is 0 Å². The topological polar surface area (TPSA) is 18.5 Å². The smallest absolute Gasteiger partial charge is 0.147 e. The molecule has 0 bridgehead atoms. The summed E-state index contributed by atoms with van der Waals surface area (Å²) in [5.41, 5.74) is 0. The fourth-order valence-corrected chi connectivity index (χ4v) is 0.701. The minimum absolute atomic E-state index is 0.0921. The highest BCUT2D eigenvalue weighted by Crippen LogP contribution is 1.97. The summed E-state index contributed by atoms with van der Waals surface area (Å²) in [5, 5.41) is 0. The summed E-state index contributed by atoms with van der Waals surface area (Å²) in [7, 11) is 0. The molecule has 1 unspecified atom stereocenters. The van der Waals surface area contributed by atoms with Gasteiger partial charge in [-0.05, 0) is 20.3 Å². The van der Waals surface area contributed by atoms with Crippen molar-refractivity contribution in [3.63, 3.8) is 0 Å². The maximum Gasteiger partial charge on any atom is 0.147 e. The Morgan fingerprint density at radius 1 is 1.25 bits per heavy atom. The van der Waals surface area contributed by atoms with Gasteiger partial charge in [-0.1, -0.05) is 6.92 Å². The molecular formula is C9H19FO2. The molecule has 0 aromatic heterocycles. The Morgan fingerprint density at radius 3 is 2.42 bits per heavy atom. The molecular weight excluding hydrogens is 159 g/mol. The normalized spacial score (nSPS) is 13.8. The molecule has 0 saturated heterocycles. The second-order valence-corrected chi connectivity index (χ2v) is 3.05. The van der Waals surface area contributed by atoms with Crippen molar-refractivity contribution < 1.29 is 13.9 Å². The summed E-state index contributed by atoms with van der Waals surface area (Å²) in [4.78, 5) is 0. The third-order valence-electron chi connectivity index (χ3n) is 1.26. The Morgan fingerprint density at radius 2 is 1.92 bits per heavy atom. The first kappa shape index (κ1) is 11.8. The molecule has 74 valence electrons. The van der Waals surface area contributed by atoms with Crippen LogP contribution < -0.4 is 0 Å². The zero-order chi connectivity index (χ0) is 9.40. The lowest BCUT2D eigenvalue weighted by molar-refractivity contribution is -0.000281. The molecule has 1 atom stereocenters. The minimum atomic E-state index is -0.987. The third-order valence-corrected chi connectivity index (χ3v) is 1.26. The largest absolute Gasteiger partial charge is 0.378 e. The van der Waals surface area contributed by atoms with Gasteiger partial charge in [0, 0.05) is 6.61 Å². The lowest BCUT2D eigenvalue weighted by Gasteiger charge is -2.11. The highest BCUT2D eigenvalue weighted by molar-refractivity contribution is 4.52. The molecule has 0 saturated carbocycles. The number of alkyl halides is 1. The van der Waals surface area contributed by atoms with Crippen LogP contribution >= 0.6 is 0 Å². The maximum atomic E-state index is 12.8.